The molecule has 0 saturated carbocycles. The zero-order chi connectivity index (χ0) is 20.1. The predicted molar refractivity (Wildman–Crippen MR) is 113 cm³/mol. The van der Waals surface area contributed by atoms with Gasteiger partial charge in [-0.15, -0.1) is 0 Å². The molecule has 148 valence electrons. The second kappa shape index (κ2) is 9.08. The van der Waals surface area contributed by atoms with Gasteiger partial charge in [-0.25, -0.2) is 0 Å². The third kappa shape index (κ3) is 4.82. The van der Waals surface area contributed by atoms with E-state index in [-0.39, 0.29) is 12.5 Å². The Hall–Kier alpha value is -2.57. The molecule has 1 aliphatic rings. The number of benzene rings is 1. The normalized spacial score (nSPS) is 15.9. The molecule has 1 amide bonds. The van der Waals surface area contributed by atoms with E-state index < -0.39 is 0 Å². The maximum atomic E-state index is 12.8. The van der Waals surface area contributed by atoms with Crippen LogP contribution in [-0.2, 0) is 4.79 Å². The van der Waals surface area contributed by atoms with Crippen LogP contribution in [0.15, 0.2) is 48.8 Å². The number of nitrogens with zero attached hydrogens (tertiary/aromatic N) is 4. The first-order chi connectivity index (χ1) is 13.5. The summed E-state index contributed by atoms with van der Waals surface area (Å²) in [7, 11) is 3.97. The molecule has 0 unspecified atom stereocenters. The SMILES string of the molecule is CN1CCN(C(=O)CN(C)/C(=C(\N)c2ccc(Cl)cc2)c2ccncc2)CC1. The van der Waals surface area contributed by atoms with Crippen LogP contribution in [0.3, 0.4) is 0 Å². The van der Waals surface area contributed by atoms with E-state index in [0.29, 0.717) is 10.7 Å². The fraction of sp³-hybridized carbons (Fsp3) is 0.333. The Morgan fingerprint density at radius 1 is 1.07 bits per heavy atom. The fourth-order valence-electron chi connectivity index (χ4n) is 3.30. The van der Waals surface area contributed by atoms with Crippen molar-refractivity contribution in [3.63, 3.8) is 0 Å². The van der Waals surface area contributed by atoms with Gasteiger partial charge >= 0.3 is 0 Å². The lowest BCUT2D eigenvalue weighted by Crippen LogP contribution is -2.49. The average molecular weight is 400 g/mol. The number of carbonyl (C=O) groups excluding carboxylic acids is 1. The molecule has 0 aliphatic carbocycles. The summed E-state index contributed by atoms with van der Waals surface area (Å²) in [6.45, 7) is 3.56. The summed E-state index contributed by atoms with van der Waals surface area (Å²) >= 11 is 6.01. The molecule has 3 rings (SSSR count). The molecule has 0 bridgehead atoms. The number of pyridine rings is 1. The van der Waals surface area contributed by atoms with Crippen molar-refractivity contribution < 1.29 is 4.79 Å². The first kappa shape index (κ1) is 20.2. The van der Waals surface area contributed by atoms with E-state index in [9.17, 15) is 4.79 Å². The third-order valence-electron chi connectivity index (χ3n) is 4.97. The molecule has 1 aromatic heterocycles. The standard InChI is InChI=1S/C21H26ClN5O/c1-25-11-13-27(14-12-25)19(28)15-26(2)21(17-7-9-24-10-8-17)20(23)16-3-5-18(22)6-4-16/h3-10H,11-15,23H2,1-2H3/b21-20-. The van der Waals surface area contributed by atoms with Crippen LogP contribution in [-0.4, -0.2) is 72.4 Å². The molecule has 1 saturated heterocycles. The third-order valence-corrected chi connectivity index (χ3v) is 5.23. The van der Waals surface area contributed by atoms with Crippen LogP contribution in [0.25, 0.3) is 11.4 Å². The number of rotatable bonds is 5. The molecule has 0 atom stereocenters. The largest absolute Gasteiger partial charge is 0.397 e. The second-order valence-electron chi connectivity index (χ2n) is 7.05. The van der Waals surface area contributed by atoms with Gasteiger partial charge in [0.25, 0.3) is 0 Å². The van der Waals surface area contributed by atoms with Crippen molar-refractivity contribution in [3.8, 4) is 0 Å². The van der Waals surface area contributed by atoms with Crippen LogP contribution in [0.5, 0.6) is 0 Å². The van der Waals surface area contributed by atoms with E-state index in [0.717, 1.165) is 43.0 Å². The number of halogens is 1. The molecule has 6 nitrogen and oxygen atoms in total. The lowest BCUT2D eigenvalue weighted by molar-refractivity contribution is -0.133. The minimum absolute atomic E-state index is 0.103. The van der Waals surface area contributed by atoms with Crippen LogP contribution in [0, 0.1) is 0 Å². The quantitative estimate of drug-likeness (QED) is 0.835. The Kier molecular flexibility index (Phi) is 6.54. The van der Waals surface area contributed by atoms with Gasteiger partial charge in [0.05, 0.1) is 17.9 Å². The van der Waals surface area contributed by atoms with Crippen molar-refractivity contribution in [1.29, 1.82) is 0 Å². The van der Waals surface area contributed by atoms with Crippen LogP contribution in [0.2, 0.25) is 5.02 Å². The monoisotopic (exact) mass is 399 g/mol. The number of hydrogen-bond acceptors (Lipinski definition) is 5. The molecule has 0 spiro atoms. The summed E-state index contributed by atoms with van der Waals surface area (Å²) in [6, 6.07) is 11.2. The molecule has 1 aliphatic heterocycles. The molecular weight excluding hydrogens is 374 g/mol. The Morgan fingerprint density at radius 3 is 2.29 bits per heavy atom. The van der Waals surface area contributed by atoms with E-state index in [4.69, 9.17) is 17.3 Å². The average Bonchev–Trinajstić information content (AvgIpc) is 2.70. The zero-order valence-electron chi connectivity index (χ0n) is 16.3. The van der Waals surface area contributed by atoms with E-state index >= 15 is 0 Å². The van der Waals surface area contributed by atoms with Crippen LogP contribution in [0.1, 0.15) is 11.1 Å². The number of aromatic nitrogens is 1. The van der Waals surface area contributed by atoms with Crippen LogP contribution in [0.4, 0.5) is 0 Å². The van der Waals surface area contributed by atoms with Crippen LogP contribution >= 0.6 is 11.6 Å². The van der Waals surface area contributed by atoms with Crippen molar-refractivity contribution in [2.24, 2.45) is 5.73 Å². The first-order valence-corrected chi connectivity index (χ1v) is 9.67. The summed E-state index contributed by atoms with van der Waals surface area (Å²) in [5.74, 6) is 0.103. The van der Waals surface area contributed by atoms with E-state index in [1.165, 1.54) is 0 Å². The smallest absolute Gasteiger partial charge is 0.242 e. The van der Waals surface area contributed by atoms with Crippen molar-refractivity contribution >= 4 is 28.9 Å². The highest BCUT2D eigenvalue weighted by molar-refractivity contribution is 6.30. The van der Waals surface area contributed by atoms with E-state index in [1.807, 2.05) is 53.2 Å². The second-order valence-corrected chi connectivity index (χ2v) is 7.48. The van der Waals surface area contributed by atoms with Gasteiger partial charge in [0, 0.05) is 56.2 Å². The van der Waals surface area contributed by atoms with E-state index in [1.54, 1.807) is 12.4 Å². The first-order valence-electron chi connectivity index (χ1n) is 9.29. The molecule has 7 heteroatoms. The fourth-order valence-corrected chi connectivity index (χ4v) is 3.42. The molecule has 2 heterocycles. The Labute approximate surface area is 171 Å². The lowest BCUT2D eigenvalue weighted by atomic mass is 10.1. The highest BCUT2D eigenvalue weighted by atomic mass is 35.5. The lowest BCUT2D eigenvalue weighted by Gasteiger charge is -2.34. The molecule has 0 radical (unpaired) electrons. The number of piperazine rings is 1. The molecule has 28 heavy (non-hydrogen) atoms. The Bertz CT molecular complexity index is 830. The summed E-state index contributed by atoms with van der Waals surface area (Å²) in [4.78, 5) is 23.0. The van der Waals surface area contributed by atoms with Crippen molar-refractivity contribution in [2.45, 2.75) is 0 Å². The van der Waals surface area contributed by atoms with Crippen molar-refractivity contribution in [1.82, 2.24) is 19.7 Å². The van der Waals surface area contributed by atoms with Crippen LogP contribution < -0.4 is 5.73 Å². The van der Waals surface area contributed by atoms with Gasteiger partial charge in [0.2, 0.25) is 5.91 Å². The molecule has 1 aromatic carbocycles. The number of nitrogens with two attached hydrogens (primary N) is 1. The Balaban J connectivity index is 1.87. The van der Waals surface area contributed by atoms with Gasteiger partial charge in [-0.2, -0.15) is 0 Å². The number of likely N-dealkylation sites (N-methyl/N-ethyl adjacent to an activating group) is 2. The summed E-state index contributed by atoms with van der Waals surface area (Å²) < 4.78 is 0. The summed E-state index contributed by atoms with van der Waals surface area (Å²) in [6.07, 6.45) is 3.45. The maximum Gasteiger partial charge on any atom is 0.242 e. The minimum atomic E-state index is 0.103. The molecule has 2 N–H and O–H groups in total. The van der Waals surface area contributed by atoms with Crippen molar-refractivity contribution in [2.75, 3.05) is 46.8 Å². The maximum absolute atomic E-state index is 12.8. The van der Waals surface area contributed by atoms with Gasteiger partial charge in [-0.1, -0.05) is 23.7 Å². The molecule has 2 aromatic rings. The summed E-state index contributed by atoms with van der Waals surface area (Å²) in [5, 5.41) is 0.653. The Morgan fingerprint density at radius 2 is 1.68 bits per heavy atom. The molecule has 1 fully saturated rings. The summed E-state index contributed by atoms with van der Waals surface area (Å²) in [5.41, 5.74) is 9.70. The molecular formula is C21H26ClN5O. The van der Waals surface area contributed by atoms with Gasteiger partial charge in [-0.05, 0) is 36.9 Å². The van der Waals surface area contributed by atoms with Crippen molar-refractivity contribution in [3.05, 3.63) is 64.9 Å². The van der Waals surface area contributed by atoms with Gasteiger partial charge in [-0.3, -0.25) is 9.78 Å². The topological polar surface area (TPSA) is 65.7 Å². The van der Waals surface area contributed by atoms with Gasteiger partial charge in [0.1, 0.15) is 0 Å². The minimum Gasteiger partial charge on any atom is -0.397 e. The van der Waals surface area contributed by atoms with Gasteiger partial charge in [0.15, 0.2) is 0 Å². The number of hydrogen-bond donors (Lipinski definition) is 1. The highest BCUT2D eigenvalue weighted by Gasteiger charge is 2.22. The highest BCUT2D eigenvalue weighted by Crippen LogP contribution is 2.26. The predicted octanol–water partition coefficient (Wildman–Crippen LogP) is 2.23. The number of carbonyl (C=O) groups is 1. The van der Waals surface area contributed by atoms with Gasteiger partial charge < -0.3 is 20.4 Å². The van der Waals surface area contributed by atoms with E-state index in [2.05, 4.69) is 16.9 Å². The number of amides is 1. The zero-order valence-corrected chi connectivity index (χ0v) is 17.1.